The van der Waals surface area contributed by atoms with Crippen LogP contribution in [0.3, 0.4) is 0 Å². The summed E-state index contributed by atoms with van der Waals surface area (Å²) in [5, 5.41) is 7.63. The van der Waals surface area contributed by atoms with E-state index in [1.54, 1.807) is 16.2 Å². The van der Waals surface area contributed by atoms with E-state index in [1.807, 2.05) is 29.2 Å². The number of anilines is 1. The Bertz CT molecular complexity index is 925. The SMILES string of the molecule is O=C(NCCC(=O)N1CCc2sccc2C1)NCc1ccc(N2CCCC2=O)cc1. The molecule has 1 aromatic heterocycles. The molecule has 2 aromatic rings. The van der Waals surface area contributed by atoms with Crippen LogP contribution in [-0.2, 0) is 29.1 Å². The number of hydrogen-bond acceptors (Lipinski definition) is 4. The number of rotatable bonds is 6. The maximum atomic E-state index is 12.4. The molecule has 0 unspecified atom stereocenters. The van der Waals surface area contributed by atoms with E-state index < -0.39 is 0 Å². The molecule has 158 valence electrons. The van der Waals surface area contributed by atoms with Gasteiger partial charge in [0.05, 0.1) is 0 Å². The number of carbonyl (C=O) groups is 3. The van der Waals surface area contributed by atoms with Crippen molar-refractivity contribution in [1.82, 2.24) is 15.5 Å². The Hall–Kier alpha value is -2.87. The zero-order valence-electron chi connectivity index (χ0n) is 16.9. The molecular formula is C22H26N4O3S. The van der Waals surface area contributed by atoms with Crippen LogP contribution in [0.15, 0.2) is 35.7 Å². The normalized spacial score (nSPS) is 15.8. The largest absolute Gasteiger partial charge is 0.338 e. The Morgan fingerprint density at radius 2 is 1.87 bits per heavy atom. The Kier molecular flexibility index (Phi) is 6.32. The lowest BCUT2D eigenvalue weighted by atomic mass is 10.1. The highest BCUT2D eigenvalue weighted by Gasteiger charge is 2.22. The second-order valence-electron chi connectivity index (χ2n) is 7.61. The van der Waals surface area contributed by atoms with Crippen molar-refractivity contribution in [3.63, 3.8) is 0 Å². The van der Waals surface area contributed by atoms with Gasteiger partial charge in [-0.05, 0) is 47.5 Å². The fraction of sp³-hybridized carbons (Fsp3) is 0.409. The summed E-state index contributed by atoms with van der Waals surface area (Å²) in [6, 6.07) is 9.45. The molecule has 4 amide bonds. The standard InChI is InChI=1S/C22H26N4O3S/c27-20(25-12-8-19-17(15-25)9-13-30-19)7-10-23-22(29)24-14-16-3-5-18(6-4-16)26-11-1-2-21(26)28/h3-6,9,13H,1-2,7-8,10-12,14-15H2,(H2,23,24,29). The quantitative estimate of drug-likeness (QED) is 0.745. The van der Waals surface area contributed by atoms with Gasteiger partial charge in [0.25, 0.3) is 0 Å². The number of thiophene rings is 1. The van der Waals surface area contributed by atoms with Gasteiger partial charge in [-0.25, -0.2) is 4.79 Å². The van der Waals surface area contributed by atoms with Gasteiger partial charge >= 0.3 is 6.03 Å². The molecule has 3 heterocycles. The molecule has 1 aromatic carbocycles. The predicted octanol–water partition coefficient (Wildman–Crippen LogP) is 2.65. The molecule has 0 aliphatic carbocycles. The summed E-state index contributed by atoms with van der Waals surface area (Å²) in [5.74, 6) is 0.231. The van der Waals surface area contributed by atoms with Crippen molar-refractivity contribution in [3.8, 4) is 0 Å². The van der Waals surface area contributed by atoms with Crippen LogP contribution >= 0.6 is 11.3 Å². The van der Waals surface area contributed by atoms with Crippen LogP contribution in [0, 0.1) is 0 Å². The second-order valence-corrected chi connectivity index (χ2v) is 8.61. The van der Waals surface area contributed by atoms with Gasteiger partial charge in [0.15, 0.2) is 0 Å². The molecule has 0 atom stereocenters. The minimum Gasteiger partial charge on any atom is -0.338 e. The summed E-state index contributed by atoms with van der Waals surface area (Å²) in [4.78, 5) is 41.2. The third-order valence-electron chi connectivity index (χ3n) is 5.56. The molecule has 8 heteroatoms. The summed E-state index contributed by atoms with van der Waals surface area (Å²) in [6.45, 7) is 2.89. The number of nitrogens with one attached hydrogen (secondary N) is 2. The first-order valence-corrected chi connectivity index (χ1v) is 11.2. The van der Waals surface area contributed by atoms with Crippen molar-refractivity contribution in [1.29, 1.82) is 0 Å². The van der Waals surface area contributed by atoms with Crippen LogP contribution in [0.2, 0.25) is 0 Å². The van der Waals surface area contributed by atoms with Crippen molar-refractivity contribution < 1.29 is 14.4 Å². The van der Waals surface area contributed by atoms with E-state index in [-0.39, 0.29) is 17.8 Å². The third kappa shape index (κ3) is 4.81. The lowest BCUT2D eigenvalue weighted by molar-refractivity contribution is -0.132. The van der Waals surface area contributed by atoms with Crippen LogP contribution in [-0.4, -0.2) is 42.4 Å². The summed E-state index contributed by atoms with van der Waals surface area (Å²) >= 11 is 1.75. The number of amides is 4. The van der Waals surface area contributed by atoms with Crippen molar-refractivity contribution in [2.75, 3.05) is 24.5 Å². The molecule has 1 saturated heterocycles. The van der Waals surface area contributed by atoms with E-state index in [1.165, 1.54) is 10.4 Å². The lowest BCUT2D eigenvalue weighted by Gasteiger charge is -2.27. The summed E-state index contributed by atoms with van der Waals surface area (Å²) in [6.07, 6.45) is 2.72. The fourth-order valence-electron chi connectivity index (χ4n) is 3.86. The van der Waals surface area contributed by atoms with Crippen LogP contribution in [0.1, 0.15) is 35.3 Å². The average Bonchev–Trinajstić information content (AvgIpc) is 3.40. The Morgan fingerprint density at radius 3 is 2.63 bits per heavy atom. The molecule has 0 spiro atoms. The van der Waals surface area contributed by atoms with E-state index >= 15 is 0 Å². The molecule has 2 N–H and O–H groups in total. The molecule has 4 rings (SSSR count). The van der Waals surface area contributed by atoms with Crippen molar-refractivity contribution in [2.45, 2.75) is 38.8 Å². The van der Waals surface area contributed by atoms with Crippen molar-refractivity contribution in [2.24, 2.45) is 0 Å². The molecule has 0 radical (unpaired) electrons. The zero-order chi connectivity index (χ0) is 20.9. The lowest BCUT2D eigenvalue weighted by Crippen LogP contribution is -2.40. The number of nitrogens with zero attached hydrogens (tertiary/aromatic N) is 2. The van der Waals surface area contributed by atoms with Crippen molar-refractivity contribution in [3.05, 3.63) is 51.7 Å². The molecule has 1 fully saturated rings. The third-order valence-corrected chi connectivity index (χ3v) is 6.58. The maximum Gasteiger partial charge on any atom is 0.315 e. The van der Waals surface area contributed by atoms with Crippen LogP contribution in [0.4, 0.5) is 10.5 Å². The highest BCUT2D eigenvalue weighted by Crippen LogP contribution is 2.24. The van der Waals surface area contributed by atoms with Gasteiger partial charge in [-0.2, -0.15) is 0 Å². The minimum atomic E-state index is -0.291. The zero-order valence-corrected chi connectivity index (χ0v) is 17.7. The first kappa shape index (κ1) is 20.4. The molecule has 2 aliphatic heterocycles. The number of fused-ring (bicyclic) bond motifs is 1. The average molecular weight is 427 g/mol. The van der Waals surface area contributed by atoms with E-state index in [4.69, 9.17) is 0 Å². The van der Waals surface area contributed by atoms with Crippen LogP contribution < -0.4 is 15.5 Å². The monoisotopic (exact) mass is 426 g/mol. The molecule has 0 saturated carbocycles. The molecule has 30 heavy (non-hydrogen) atoms. The highest BCUT2D eigenvalue weighted by atomic mass is 32.1. The van der Waals surface area contributed by atoms with Crippen molar-refractivity contribution >= 4 is 34.9 Å². The maximum absolute atomic E-state index is 12.4. The van der Waals surface area contributed by atoms with E-state index in [0.717, 1.165) is 37.2 Å². The number of urea groups is 1. The van der Waals surface area contributed by atoms with Gasteiger partial charge in [-0.15, -0.1) is 11.3 Å². The molecule has 2 aliphatic rings. The Morgan fingerprint density at radius 1 is 1.03 bits per heavy atom. The topological polar surface area (TPSA) is 81.8 Å². The van der Waals surface area contributed by atoms with Gasteiger partial charge < -0.3 is 20.4 Å². The van der Waals surface area contributed by atoms with E-state index in [2.05, 4.69) is 22.1 Å². The molecule has 0 bridgehead atoms. The Labute approximate surface area is 180 Å². The van der Waals surface area contributed by atoms with E-state index in [0.29, 0.717) is 32.5 Å². The summed E-state index contributed by atoms with van der Waals surface area (Å²) in [7, 11) is 0. The summed E-state index contributed by atoms with van der Waals surface area (Å²) in [5.41, 5.74) is 3.10. The number of benzene rings is 1. The Balaban J connectivity index is 1.16. The first-order valence-electron chi connectivity index (χ1n) is 10.3. The summed E-state index contributed by atoms with van der Waals surface area (Å²) < 4.78 is 0. The van der Waals surface area contributed by atoms with Crippen LogP contribution in [0.25, 0.3) is 0 Å². The first-order chi connectivity index (χ1) is 14.6. The molecule has 7 nitrogen and oxygen atoms in total. The predicted molar refractivity (Wildman–Crippen MR) is 116 cm³/mol. The highest BCUT2D eigenvalue weighted by molar-refractivity contribution is 7.10. The van der Waals surface area contributed by atoms with Crippen LogP contribution in [0.5, 0.6) is 0 Å². The van der Waals surface area contributed by atoms with E-state index in [9.17, 15) is 14.4 Å². The van der Waals surface area contributed by atoms with Gasteiger partial charge in [-0.1, -0.05) is 12.1 Å². The molecular weight excluding hydrogens is 400 g/mol. The van der Waals surface area contributed by atoms with Gasteiger partial charge in [0.2, 0.25) is 11.8 Å². The number of carbonyl (C=O) groups excluding carboxylic acids is 3. The fourth-order valence-corrected chi connectivity index (χ4v) is 4.75. The number of hydrogen-bond donors (Lipinski definition) is 2. The minimum absolute atomic E-state index is 0.0687. The smallest absolute Gasteiger partial charge is 0.315 e. The van der Waals surface area contributed by atoms with Gasteiger partial charge in [0.1, 0.15) is 0 Å². The second kappa shape index (κ2) is 9.30. The van der Waals surface area contributed by atoms with Gasteiger partial charge in [0, 0.05) is 56.1 Å². The van der Waals surface area contributed by atoms with Gasteiger partial charge in [-0.3, -0.25) is 9.59 Å².